The number of aliphatic hydroxyl groups excluding tert-OH is 1. The van der Waals surface area contributed by atoms with Crippen LogP contribution in [0.3, 0.4) is 0 Å². The SMILES string of the molecule is C=C(/C=C/[C@@H](C)[C@H]1CCC2C3=CC=C4C[C@@H](O)CC[C@]4(C)C3CC[C@@]21C)C(C)C. The second-order valence-corrected chi connectivity index (χ2v) is 11.5. The van der Waals surface area contributed by atoms with E-state index in [1.165, 1.54) is 36.8 Å². The van der Waals surface area contributed by atoms with E-state index in [0.717, 1.165) is 31.1 Å². The average molecular weight is 395 g/mol. The summed E-state index contributed by atoms with van der Waals surface area (Å²) in [4.78, 5) is 0. The molecule has 0 amide bonds. The molecule has 1 heteroatoms. The minimum absolute atomic E-state index is 0.123. The molecule has 2 unspecified atom stereocenters. The van der Waals surface area contributed by atoms with Crippen molar-refractivity contribution >= 4 is 0 Å². The van der Waals surface area contributed by atoms with E-state index in [9.17, 15) is 5.11 Å². The van der Waals surface area contributed by atoms with Crippen LogP contribution in [0.5, 0.6) is 0 Å². The molecule has 4 aliphatic carbocycles. The number of fused-ring (bicyclic) bond motifs is 5. The fourth-order valence-corrected chi connectivity index (χ4v) is 7.49. The van der Waals surface area contributed by atoms with E-state index in [1.54, 1.807) is 5.57 Å². The summed E-state index contributed by atoms with van der Waals surface area (Å²) in [5.41, 5.74) is 5.25. The van der Waals surface area contributed by atoms with Crippen molar-refractivity contribution in [1.82, 2.24) is 0 Å². The molecule has 0 heterocycles. The van der Waals surface area contributed by atoms with Crippen LogP contribution in [0, 0.1) is 40.4 Å². The quantitative estimate of drug-likeness (QED) is 0.498. The predicted molar refractivity (Wildman–Crippen MR) is 123 cm³/mol. The van der Waals surface area contributed by atoms with Gasteiger partial charge in [0.1, 0.15) is 0 Å². The van der Waals surface area contributed by atoms with Crippen molar-refractivity contribution in [2.75, 3.05) is 0 Å². The highest BCUT2D eigenvalue weighted by atomic mass is 16.3. The molecular weight excluding hydrogens is 352 g/mol. The third-order valence-electron chi connectivity index (χ3n) is 9.61. The van der Waals surface area contributed by atoms with Gasteiger partial charge in [-0.15, -0.1) is 0 Å². The van der Waals surface area contributed by atoms with Gasteiger partial charge in [-0.25, -0.2) is 0 Å². The summed E-state index contributed by atoms with van der Waals surface area (Å²) in [7, 11) is 0. The Kier molecular flexibility index (Phi) is 5.52. The first kappa shape index (κ1) is 21.2. The Morgan fingerprint density at radius 3 is 2.55 bits per heavy atom. The summed E-state index contributed by atoms with van der Waals surface area (Å²) in [6.45, 7) is 16.2. The van der Waals surface area contributed by atoms with Gasteiger partial charge in [0.05, 0.1) is 6.10 Å². The Balaban J connectivity index is 1.57. The van der Waals surface area contributed by atoms with Gasteiger partial charge in [-0.2, -0.15) is 0 Å². The van der Waals surface area contributed by atoms with Gasteiger partial charge in [0.25, 0.3) is 0 Å². The molecule has 7 atom stereocenters. The molecule has 1 N–H and O–H groups in total. The summed E-state index contributed by atoms with van der Waals surface area (Å²) in [5.74, 6) is 3.38. The third-order valence-corrected chi connectivity index (χ3v) is 9.61. The lowest BCUT2D eigenvalue weighted by atomic mass is 9.50. The number of aliphatic hydroxyl groups is 1. The number of hydrogen-bond acceptors (Lipinski definition) is 1. The molecule has 0 aliphatic heterocycles. The van der Waals surface area contributed by atoms with Crippen molar-refractivity contribution in [2.45, 2.75) is 85.7 Å². The van der Waals surface area contributed by atoms with Crippen molar-refractivity contribution in [3.05, 3.63) is 47.6 Å². The normalized spacial score (nSPS) is 42.7. The fraction of sp³-hybridized carbons (Fsp3) is 0.714. The van der Waals surface area contributed by atoms with E-state index in [-0.39, 0.29) is 6.10 Å². The molecule has 0 spiro atoms. The Bertz CT molecular complexity index is 752. The van der Waals surface area contributed by atoms with Gasteiger partial charge in [0.15, 0.2) is 0 Å². The van der Waals surface area contributed by atoms with Gasteiger partial charge in [0, 0.05) is 0 Å². The first-order valence-electron chi connectivity index (χ1n) is 12.1. The van der Waals surface area contributed by atoms with E-state index in [0.29, 0.717) is 28.6 Å². The molecule has 160 valence electrons. The molecule has 0 radical (unpaired) electrons. The second kappa shape index (κ2) is 7.56. The van der Waals surface area contributed by atoms with Gasteiger partial charge in [-0.05, 0) is 85.4 Å². The van der Waals surface area contributed by atoms with E-state index in [4.69, 9.17) is 0 Å². The van der Waals surface area contributed by atoms with Crippen molar-refractivity contribution in [3.8, 4) is 0 Å². The van der Waals surface area contributed by atoms with Crippen LogP contribution in [0.4, 0.5) is 0 Å². The van der Waals surface area contributed by atoms with E-state index < -0.39 is 0 Å². The maximum atomic E-state index is 10.2. The van der Waals surface area contributed by atoms with E-state index in [2.05, 4.69) is 65.5 Å². The topological polar surface area (TPSA) is 20.2 Å². The summed E-state index contributed by atoms with van der Waals surface area (Å²) in [6.07, 6.45) is 17.9. The van der Waals surface area contributed by atoms with Crippen molar-refractivity contribution < 1.29 is 5.11 Å². The van der Waals surface area contributed by atoms with Crippen LogP contribution < -0.4 is 0 Å². The molecule has 3 fully saturated rings. The first-order chi connectivity index (χ1) is 13.7. The zero-order valence-corrected chi connectivity index (χ0v) is 19.4. The molecule has 0 bridgehead atoms. The number of hydrogen-bond donors (Lipinski definition) is 1. The minimum Gasteiger partial charge on any atom is -0.393 e. The van der Waals surface area contributed by atoms with Crippen LogP contribution in [0.2, 0.25) is 0 Å². The monoisotopic (exact) mass is 394 g/mol. The highest BCUT2D eigenvalue weighted by Crippen LogP contribution is 2.65. The molecule has 0 aromatic heterocycles. The molecule has 4 aliphatic rings. The van der Waals surface area contributed by atoms with Gasteiger partial charge in [-0.1, -0.05) is 82.2 Å². The molecule has 4 rings (SSSR count). The van der Waals surface area contributed by atoms with Gasteiger partial charge < -0.3 is 5.11 Å². The average Bonchev–Trinajstić information content (AvgIpc) is 3.03. The van der Waals surface area contributed by atoms with Gasteiger partial charge in [0.2, 0.25) is 0 Å². The molecule has 1 nitrogen and oxygen atoms in total. The Hall–Kier alpha value is -1.08. The molecule has 29 heavy (non-hydrogen) atoms. The Morgan fingerprint density at radius 1 is 1.07 bits per heavy atom. The molecule has 0 aromatic rings. The number of allylic oxidation sites excluding steroid dienone is 6. The predicted octanol–water partition coefficient (Wildman–Crippen LogP) is 7.25. The summed E-state index contributed by atoms with van der Waals surface area (Å²) in [5, 5.41) is 10.2. The van der Waals surface area contributed by atoms with Crippen LogP contribution in [0.1, 0.15) is 79.6 Å². The van der Waals surface area contributed by atoms with Crippen LogP contribution in [-0.2, 0) is 0 Å². The number of rotatable bonds is 4. The highest BCUT2D eigenvalue weighted by Gasteiger charge is 2.56. The summed E-state index contributed by atoms with van der Waals surface area (Å²) >= 11 is 0. The Labute approximate surface area is 179 Å². The standard InChI is InChI=1S/C28H42O/c1-18(2)19(3)7-8-20(4)24-11-12-25-23-10-9-21-17-22(29)13-15-27(21,5)26(23)14-16-28(24,25)6/h7-10,18,20,22,24-26,29H,3,11-17H2,1-2,4-6H3/b8-7+/t20-,22+,24-,25?,26?,27+,28-/m1/s1. The summed E-state index contributed by atoms with van der Waals surface area (Å²) in [6, 6.07) is 0. The third kappa shape index (κ3) is 3.42. The molecule has 3 saturated carbocycles. The zero-order chi connectivity index (χ0) is 21.0. The molecular formula is C28H42O. The summed E-state index contributed by atoms with van der Waals surface area (Å²) < 4.78 is 0. The minimum atomic E-state index is -0.123. The van der Waals surface area contributed by atoms with Gasteiger partial charge >= 0.3 is 0 Å². The maximum absolute atomic E-state index is 10.2. The van der Waals surface area contributed by atoms with E-state index >= 15 is 0 Å². The van der Waals surface area contributed by atoms with Crippen LogP contribution in [-0.4, -0.2) is 11.2 Å². The molecule has 0 saturated heterocycles. The molecule has 0 aromatic carbocycles. The zero-order valence-electron chi connectivity index (χ0n) is 19.4. The largest absolute Gasteiger partial charge is 0.393 e. The lowest BCUT2D eigenvalue weighted by molar-refractivity contribution is 0.0383. The van der Waals surface area contributed by atoms with Crippen LogP contribution >= 0.6 is 0 Å². The van der Waals surface area contributed by atoms with Crippen LogP contribution in [0.15, 0.2) is 47.6 Å². The van der Waals surface area contributed by atoms with Crippen molar-refractivity contribution in [1.29, 1.82) is 0 Å². The maximum Gasteiger partial charge on any atom is 0.0578 e. The first-order valence-corrected chi connectivity index (χ1v) is 12.1. The Morgan fingerprint density at radius 2 is 1.83 bits per heavy atom. The highest BCUT2D eigenvalue weighted by molar-refractivity contribution is 5.39. The smallest absolute Gasteiger partial charge is 0.0578 e. The van der Waals surface area contributed by atoms with Crippen LogP contribution in [0.25, 0.3) is 0 Å². The van der Waals surface area contributed by atoms with Gasteiger partial charge in [-0.3, -0.25) is 0 Å². The van der Waals surface area contributed by atoms with Crippen molar-refractivity contribution in [2.24, 2.45) is 40.4 Å². The lowest BCUT2D eigenvalue weighted by Gasteiger charge is -2.55. The lowest BCUT2D eigenvalue weighted by Crippen LogP contribution is -2.46. The second-order valence-electron chi connectivity index (χ2n) is 11.5. The fourth-order valence-electron chi connectivity index (χ4n) is 7.49. The van der Waals surface area contributed by atoms with E-state index in [1.807, 2.05) is 0 Å². The van der Waals surface area contributed by atoms with Crippen molar-refractivity contribution in [3.63, 3.8) is 0 Å².